The van der Waals surface area contributed by atoms with Gasteiger partial charge < -0.3 is 20.4 Å². The van der Waals surface area contributed by atoms with E-state index in [1.807, 2.05) is 68.5 Å². The van der Waals surface area contributed by atoms with Crippen LogP contribution in [0.5, 0.6) is 0 Å². The molecule has 2 aromatic heterocycles. The minimum absolute atomic E-state index is 0.202. The highest BCUT2D eigenvalue weighted by Gasteiger charge is 2.42. The van der Waals surface area contributed by atoms with Crippen LogP contribution in [0.2, 0.25) is 0 Å². The molecule has 0 unspecified atom stereocenters. The van der Waals surface area contributed by atoms with E-state index in [1.165, 1.54) is 11.3 Å². The maximum Gasteiger partial charge on any atom is 0.324 e. The van der Waals surface area contributed by atoms with Crippen molar-refractivity contribution >= 4 is 45.7 Å². The maximum atomic E-state index is 13.7. The van der Waals surface area contributed by atoms with Gasteiger partial charge in [-0.25, -0.2) is 9.78 Å². The fourth-order valence-corrected chi connectivity index (χ4v) is 5.60. The molecule has 4 amide bonds. The average Bonchev–Trinajstić information content (AvgIpc) is 3.31. The zero-order chi connectivity index (χ0) is 29.4. The van der Waals surface area contributed by atoms with Crippen LogP contribution in [-0.4, -0.2) is 60.5 Å². The van der Waals surface area contributed by atoms with Crippen LogP contribution in [0.1, 0.15) is 55.4 Å². The lowest BCUT2D eigenvalue weighted by Crippen LogP contribution is -2.63. The minimum atomic E-state index is -1.00. The second kappa shape index (κ2) is 10.9. The summed E-state index contributed by atoms with van der Waals surface area (Å²) in [6.07, 6.45) is 1.82. The summed E-state index contributed by atoms with van der Waals surface area (Å²) in [5.41, 5.74) is 2.72. The van der Waals surface area contributed by atoms with Crippen LogP contribution >= 0.6 is 11.3 Å². The van der Waals surface area contributed by atoms with Crippen LogP contribution in [0.25, 0.3) is 11.1 Å². The van der Waals surface area contributed by atoms with Crippen molar-refractivity contribution in [1.29, 1.82) is 0 Å². The van der Waals surface area contributed by atoms with E-state index in [0.717, 1.165) is 27.4 Å². The summed E-state index contributed by atoms with van der Waals surface area (Å²) in [6, 6.07) is 11.0. The van der Waals surface area contributed by atoms with Gasteiger partial charge >= 0.3 is 6.03 Å². The first-order chi connectivity index (χ1) is 18.7. The topological polar surface area (TPSA) is 107 Å². The van der Waals surface area contributed by atoms with Gasteiger partial charge in [0.2, 0.25) is 5.91 Å². The zero-order valence-electron chi connectivity index (χ0n) is 24.4. The second-order valence-electron chi connectivity index (χ2n) is 11.8. The zero-order valence-corrected chi connectivity index (χ0v) is 25.2. The first kappa shape index (κ1) is 29.1. The number of carbonyl (C=O) groups is 3. The lowest BCUT2D eigenvalue weighted by molar-refractivity contribution is -0.133. The number of thiophene rings is 1. The number of aromatic nitrogens is 1. The third-order valence-electron chi connectivity index (χ3n) is 7.04. The molecule has 0 bridgehead atoms. The fraction of sp³-hybridized carbons (Fsp3) is 0.400. The molecule has 0 saturated carbocycles. The van der Waals surface area contributed by atoms with Crippen molar-refractivity contribution in [2.45, 2.75) is 52.5 Å². The number of hydrogen-bond donors (Lipinski definition) is 3. The van der Waals surface area contributed by atoms with Gasteiger partial charge in [0, 0.05) is 49.5 Å². The van der Waals surface area contributed by atoms with E-state index in [0.29, 0.717) is 29.3 Å². The lowest BCUT2D eigenvalue weighted by atomic mass is 9.93. The summed E-state index contributed by atoms with van der Waals surface area (Å²) in [5.74, 6) is 0.375. The molecule has 3 N–H and O–H groups in total. The molecule has 1 aliphatic rings. The Kier molecular flexibility index (Phi) is 7.94. The predicted octanol–water partition coefficient (Wildman–Crippen LogP) is 5.48. The average molecular weight is 563 g/mol. The van der Waals surface area contributed by atoms with Crippen LogP contribution in [0.4, 0.5) is 21.3 Å². The molecule has 1 fully saturated rings. The first-order valence-corrected chi connectivity index (χ1v) is 14.1. The molecular formula is C30H38N6O3S. The Bertz CT molecular complexity index is 1440. The van der Waals surface area contributed by atoms with E-state index < -0.39 is 11.6 Å². The summed E-state index contributed by atoms with van der Waals surface area (Å²) in [4.78, 5) is 48.4. The Labute approximate surface area is 240 Å². The molecule has 0 atom stereocenters. The van der Waals surface area contributed by atoms with Gasteiger partial charge in [0.15, 0.2) is 0 Å². The smallest absolute Gasteiger partial charge is 0.324 e. The number of hydrogen-bond acceptors (Lipinski definition) is 6. The molecule has 10 heteroatoms. The molecule has 3 heterocycles. The summed E-state index contributed by atoms with van der Waals surface area (Å²) in [7, 11) is 3.88. The minimum Gasteiger partial charge on any atom is -0.363 e. The van der Waals surface area contributed by atoms with Gasteiger partial charge in [0.1, 0.15) is 16.4 Å². The molecule has 212 valence electrons. The number of piperazine rings is 1. The van der Waals surface area contributed by atoms with Crippen molar-refractivity contribution in [1.82, 2.24) is 15.2 Å². The van der Waals surface area contributed by atoms with Crippen LogP contribution in [-0.2, 0) is 10.2 Å². The molecular weight excluding hydrogens is 524 g/mol. The number of anilines is 3. The number of rotatable bonds is 5. The summed E-state index contributed by atoms with van der Waals surface area (Å²) >= 11 is 1.37. The second-order valence-corrected chi connectivity index (χ2v) is 12.8. The molecule has 0 spiro atoms. The van der Waals surface area contributed by atoms with Gasteiger partial charge in [-0.15, -0.1) is 11.3 Å². The van der Waals surface area contributed by atoms with Crippen molar-refractivity contribution < 1.29 is 14.4 Å². The van der Waals surface area contributed by atoms with Crippen LogP contribution in [0, 0.1) is 6.92 Å². The van der Waals surface area contributed by atoms with Gasteiger partial charge in [-0.05, 0) is 67.6 Å². The van der Waals surface area contributed by atoms with E-state index >= 15 is 0 Å². The van der Waals surface area contributed by atoms with E-state index in [9.17, 15) is 14.4 Å². The molecule has 9 nitrogen and oxygen atoms in total. The monoisotopic (exact) mass is 562 g/mol. The Morgan fingerprint density at radius 2 is 1.82 bits per heavy atom. The van der Waals surface area contributed by atoms with E-state index in [2.05, 4.69) is 41.7 Å². The molecule has 1 aliphatic heterocycles. The number of nitrogens with one attached hydrogen (secondary N) is 3. The lowest BCUT2D eigenvalue weighted by Gasteiger charge is -2.41. The van der Waals surface area contributed by atoms with Crippen molar-refractivity contribution in [3.05, 3.63) is 58.6 Å². The van der Waals surface area contributed by atoms with Gasteiger partial charge in [0.05, 0.1) is 5.56 Å². The summed E-state index contributed by atoms with van der Waals surface area (Å²) < 4.78 is 0. The standard InChI is InChI=1S/C30H38N6O3S/c1-18-9-11-20(15-21(18)19-10-12-24(32-17-19)35(7)8)33-28(39)34-25-22(16-23(40-25)29(2,3)4)26(37)36-14-13-31-27(38)30(36,5)6/h9-12,15-17H,13-14H2,1-8H3,(H,31,38)(H2,33,34,39). The number of nitrogens with zero attached hydrogens (tertiary/aromatic N) is 3. The SMILES string of the molecule is Cc1ccc(NC(=O)Nc2sc(C(C)(C)C)cc2C(=O)N2CCNC(=O)C2(C)C)cc1-c1ccc(N(C)C)nc1. The number of urea groups is 1. The number of amides is 4. The van der Waals surface area contributed by atoms with Crippen molar-refractivity contribution in [2.24, 2.45) is 0 Å². The molecule has 0 aliphatic carbocycles. The largest absolute Gasteiger partial charge is 0.363 e. The number of pyridine rings is 1. The number of carbonyl (C=O) groups excluding carboxylic acids is 3. The van der Waals surface area contributed by atoms with Gasteiger partial charge in [0.25, 0.3) is 5.91 Å². The highest BCUT2D eigenvalue weighted by atomic mass is 32.1. The van der Waals surface area contributed by atoms with E-state index in [-0.39, 0.29) is 17.2 Å². The van der Waals surface area contributed by atoms with E-state index in [4.69, 9.17) is 0 Å². The normalized spacial score (nSPS) is 14.9. The van der Waals surface area contributed by atoms with Crippen LogP contribution < -0.4 is 20.9 Å². The third-order valence-corrected chi connectivity index (χ3v) is 8.51. The first-order valence-electron chi connectivity index (χ1n) is 13.3. The van der Waals surface area contributed by atoms with Gasteiger partial charge in [-0.2, -0.15) is 0 Å². The van der Waals surface area contributed by atoms with Crippen LogP contribution in [0.15, 0.2) is 42.6 Å². The van der Waals surface area contributed by atoms with Crippen LogP contribution in [0.3, 0.4) is 0 Å². The third kappa shape index (κ3) is 5.96. The van der Waals surface area contributed by atoms with Gasteiger partial charge in [-0.1, -0.05) is 26.8 Å². The molecule has 3 aromatic rings. The molecule has 1 saturated heterocycles. The fourth-order valence-electron chi connectivity index (χ4n) is 4.50. The Balaban J connectivity index is 1.59. The van der Waals surface area contributed by atoms with Gasteiger partial charge in [-0.3, -0.25) is 14.9 Å². The van der Waals surface area contributed by atoms with Crippen molar-refractivity contribution in [3.8, 4) is 11.1 Å². The Morgan fingerprint density at radius 1 is 1.10 bits per heavy atom. The predicted molar refractivity (Wildman–Crippen MR) is 163 cm³/mol. The number of benzene rings is 1. The quantitative estimate of drug-likeness (QED) is 0.382. The number of aryl methyl sites for hydroxylation is 1. The summed E-state index contributed by atoms with van der Waals surface area (Å²) in [5, 5.41) is 9.09. The summed E-state index contributed by atoms with van der Waals surface area (Å²) in [6.45, 7) is 12.4. The maximum absolute atomic E-state index is 13.7. The van der Waals surface area contributed by atoms with Crippen molar-refractivity contribution in [2.75, 3.05) is 42.7 Å². The highest BCUT2D eigenvalue weighted by Crippen LogP contribution is 2.38. The molecule has 0 radical (unpaired) electrons. The Morgan fingerprint density at radius 3 is 2.45 bits per heavy atom. The highest BCUT2D eigenvalue weighted by molar-refractivity contribution is 7.16. The van der Waals surface area contributed by atoms with Crippen molar-refractivity contribution in [3.63, 3.8) is 0 Å². The molecule has 1 aromatic carbocycles. The molecule has 40 heavy (non-hydrogen) atoms. The van der Waals surface area contributed by atoms with E-state index in [1.54, 1.807) is 18.7 Å². The Hall–Kier alpha value is -3.92. The molecule has 4 rings (SSSR count).